The molecule has 4 rings (SSSR count). The molecule has 26 heavy (non-hydrogen) atoms. The van der Waals surface area contributed by atoms with Gasteiger partial charge in [0.1, 0.15) is 4.88 Å². The Bertz CT molecular complexity index is 882. The molecule has 7 nitrogen and oxygen atoms in total. The van der Waals surface area contributed by atoms with E-state index in [0.717, 1.165) is 37.3 Å². The lowest BCUT2D eigenvalue weighted by Gasteiger charge is -2.32. The van der Waals surface area contributed by atoms with E-state index < -0.39 is 0 Å². The van der Waals surface area contributed by atoms with Crippen LogP contribution in [-0.2, 0) is 13.0 Å². The summed E-state index contributed by atoms with van der Waals surface area (Å²) in [7, 11) is 0. The molecule has 0 radical (unpaired) electrons. The summed E-state index contributed by atoms with van der Waals surface area (Å²) in [5.74, 6) is 1.33. The molecule has 0 atom stereocenters. The van der Waals surface area contributed by atoms with E-state index in [1.54, 1.807) is 10.4 Å². The van der Waals surface area contributed by atoms with Gasteiger partial charge in [-0.05, 0) is 32.1 Å². The van der Waals surface area contributed by atoms with Crippen molar-refractivity contribution in [2.75, 3.05) is 24.5 Å². The molecule has 138 valence electrons. The van der Waals surface area contributed by atoms with Crippen LogP contribution in [0.4, 0.5) is 5.95 Å². The molecule has 2 aromatic rings. The van der Waals surface area contributed by atoms with Crippen LogP contribution >= 0.6 is 11.3 Å². The minimum Gasteiger partial charge on any atom is -0.342 e. The lowest BCUT2D eigenvalue weighted by atomic mass is 9.99. The first-order valence-electron chi connectivity index (χ1n) is 9.09. The van der Waals surface area contributed by atoms with Crippen molar-refractivity contribution >= 4 is 23.2 Å². The minimum absolute atomic E-state index is 0.0221. The molecule has 1 N–H and O–H groups in total. The molecule has 0 saturated carbocycles. The number of carbonyl (C=O) groups is 1. The maximum atomic E-state index is 12.8. The quantitative estimate of drug-likeness (QED) is 0.870. The second-order valence-electron chi connectivity index (χ2n) is 7.23. The number of H-pyrrole nitrogens is 1. The average Bonchev–Trinajstić information content (AvgIpc) is 3.07. The number of amides is 1. The van der Waals surface area contributed by atoms with Crippen LogP contribution in [0.2, 0.25) is 0 Å². The summed E-state index contributed by atoms with van der Waals surface area (Å²) in [5.41, 5.74) is 3.82. The summed E-state index contributed by atoms with van der Waals surface area (Å²) in [6, 6.07) is 0. The number of piperidine rings is 1. The predicted octanol–water partition coefficient (Wildman–Crippen LogP) is 1.97. The number of aryl methyl sites for hydroxylation is 1. The smallest absolute Gasteiger partial charge is 0.266 e. The highest BCUT2D eigenvalue weighted by Crippen LogP contribution is 2.23. The number of hydrogen-bond acceptors (Lipinski definition) is 6. The van der Waals surface area contributed by atoms with Crippen molar-refractivity contribution in [3.8, 4) is 0 Å². The topological polar surface area (TPSA) is 82.2 Å². The molecule has 1 amide bonds. The van der Waals surface area contributed by atoms with Gasteiger partial charge in [0, 0.05) is 25.2 Å². The van der Waals surface area contributed by atoms with Crippen molar-refractivity contribution in [3.05, 3.63) is 37.7 Å². The number of carbonyl (C=O) groups excluding carboxylic acids is 1. The van der Waals surface area contributed by atoms with Gasteiger partial charge in [-0.25, -0.2) is 9.97 Å². The fourth-order valence-corrected chi connectivity index (χ4v) is 4.39. The second kappa shape index (κ2) is 6.83. The summed E-state index contributed by atoms with van der Waals surface area (Å²) in [6.45, 7) is 6.84. The Kier molecular flexibility index (Phi) is 4.52. The minimum atomic E-state index is -0.0651. The molecule has 2 aliphatic heterocycles. The Balaban J connectivity index is 1.59. The fraction of sp³-hybridized carbons (Fsp3) is 0.556. The highest BCUT2D eigenvalue weighted by molar-refractivity contribution is 7.11. The first-order chi connectivity index (χ1) is 12.5. The third-order valence-corrected chi connectivity index (χ3v) is 6.29. The van der Waals surface area contributed by atoms with Gasteiger partial charge in [-0.1, -0.05) is 6.92 Å². The van der Waals surface area contributed by atoms with E-state index in [1.165, 1.54) is 11.3 Å². The maximum absolute atomic E-state index is 12.8. The molecule has 0 aliphatic carbocycles. The van der Waals surface area contributed by atoms with Crippen LogP contribution in [0, 0.1) is 12.8 Å². The molecule has 2 aromatic heterocycles. The van der Waals surface area contributed by atoms with E-state index in [1.807, 2.05) is 6.92 Å². The van der Waals surface area contributed by atoms with Gasteiger partial charge in [0.2, 0.25) is 5.95 Å². The molecule has 0 unspecified atom stereocenters. The van der Waals surface area contributed by atoms with Crippen LogP contribution in [-0.4, -0.2) is 45.4 Å². The van der Waals surface area contributed by atoms with Crippen molar-refractivity contribution in [2.45, 2.75) is 39.7 Å². The number of nitrogens with one attached hydrogen (secondary N) is 1. The molecule has 4 heterocycles. The summed E-state index contributed by atoms with van der Waals surface area (Å²) in [4.78, 5) is 41.7. The molecule has 1 fully saturated rings. The average molecular weight is 373 g/mol. The molecular formula is C18H23N5O2S. The van der Waals surface area contributed by atoms with E-state index in [9.17, 15) is 9.59 Å². The zero-order valence-electron chi connectivity index (χ0n) is 15.1. The van der Waals surface area contributed by atoms with Gasteiger partial charge in [0.05, 0.1) is 23.4 Å². The third-order valence-electron chi connectivity index (χ3n) is 5.37. The van der Waals surface area contributed by atoms with E-state index in [4.69, 9.17) is 4.98 Å². The Labute approximate surface area is 156 Å². The van der Waals surface area contributed by atoms with Crippen LogP contribution in [0.5, 0.6) is 0 Å². The Morgan fingerprint density at radius 2 is 2.08 bits per heavy atom. The zero-order valence-corrected chi connectivity index (χ0v) is 15.9. The van der Waals surface area contributed by atoms with Crippen molar-refractivity contribution in [2.24, 2.45) is 5.92 Å². The van der Waals surface area contributed by atoms with Crippen LogP contribution in [0.25, 0.3) is 0 Å². The van der Waals surface area contributed by atoms with Crippen molar-refractivity contribution < 1.29 is 4.79 Å². The number of aromatic amines is 1. The van der Waals surface area contributed by atoms with Crippen LogP contribution in [0.1, 0.15) is 46.4 Å². The van der Waals surface area contributed by atoms with Crippen molar-refractivity contribution in [1.82, 2.24) is 19.9 Å². The molecular weight excluding hydrogens is 350 g/mol. The summed E-state index contributed by atoms with van der Waals surface area (Å²) in [5, 5.41) is 0. The third kappa shape index (κ3) is 3.13. The number of aromatic nitrogens is 3. The van der Waals surface area contributed by atoms with E-state index >= 15 is 0 Å². The number of anilines is 1. The zero-order chi connectivity index (χ0) is 18.3. The van der Waals surface area contributed by atoms with Gasteiger partial charge in [0.15, 0.2) is 0 Å². The number of hydrogen-bond donors (Lipinski definition) is 1. The second-order valence-corrected chi connectivity index (χ2v) is 8.08. The highest BCUT2D eigenvalue weighted by Gasteiger charge is 2.28. The molecule has 8 heteroatoms. The SMILES string of the molecule is Cc1ncsc1C(=O)N1CCc2c(nc(N3CCC(C)CC3)[nH]c2=O)C1. The van der Waals surface area contributed by atoms with Gasteiger partial charge in [-0.3, -0.25) is 14.6 Å². The van der Waals surface area contributed by atoms with Gasteiger partial charge in [-0.2, -0.15) is 0 Å². The monoisotopic (exact) mass is 373 g/mol. The number of fused-ring (bicyclic) bond motifs is 1. The Morgan fingerprint density at radius 3 is 2.77 bits per heavy atom. The molecule has 2 aliphatic rings. The maximum Gasteiger partial charge on any atom is 0.266 e. The number of nitrogens with zero attached hydrogens (tertiary/aromatic N) is 4. The molecule has 0 aromatic carbocycles. The summed E-state index contributed by atoms with van der Waals surface area (Å²) >= 11 is 1.36. The molecule has 0 bridgehead atoms. The lowest BCUT2D eigenvalue weighted by Crippen LogP contribution is -2.41. The van der Waals surface area contributed by atoms with E-state index in [2.05, 4.69) is 21.8 Å². The number of rotatable bonds is 2. The van der Waals surface area contributed by atoms with Crippen LogP contribution < -0.4 is 10.5 Å². The lowest BCUT2D eigenvalue weighted by molar-refractivity contribution is 0.0735. The normalized spacial score (nSPS) is 18.1. The fourth-order valence-electron chi connectivity index (χ4n) is 3.62. The van der Waals surface area contributed by atoms with Gasteiger partial charge >= 0.3 is 0 Å². The first kappa shape index (κ1) is 17.2. The largest absolute Gasteiger partial charge is 0.342 e. The standard InChI is InChI=1S/C18H23N5O2S/c1-11-3-6-22(7-4-11)18-20-14-9-23(8-5-13(14)16(24)21-18)17(25)15-12(2)19-10-26-15/h10-11H,3-9H2,1-2H3,(H,20,21,24). The van der Waals surface area contributed by atoms with Gasteiger partial charge in [-0.15, -0.1) is 11.3 Å². The Morgan fingerprint density at radius 1 is 1.31 bits per heavy atom. The molecule has 1 saturated heterocycles. The van der Waals surface area contributed by atoms with E-state index in [0.29, 0.717) is 41.8 Å². The highest BCUT2D eigenvalue weighted by atomic mass is 32.1. The molecule has 0 spiro atoms. The van der Waals surface area contributed by atoms with Gasteiger partial charge in [0.25, 0.3) is 11.5 Å². The first-order valence-corrected chi connectivity index (χ1v) is 9.97. The van der Waals surface area contributed by atoms with E-state index in [-0.39, 0.29) is 11.5 Å². The van der Waals surface area contributed by atoms with Crippen LogP contribution in [0.3, 0.4) is 0 Å². The summed E-state index contributed by atoms with van der Waals surface area (Å²) in [6.07, 6.45) is 2.75. The number of thiazole rings is 1. The van der Waals surface area contributed by atoms with Gasteiger partial charge < -0.3 is 9.80 Å². The van der Waals surface area contributed by atoms with Crippen molar-refractivity contribution in [3.63, 3.8) is 0 Å². The van der Waals surface area contributed by atoms with Crippen LogP contribution in [0.15, 0.2) is 10.3 Å². The predicted molar refractivity (Wildman–Crippen MR) is 101 cm³/mol. The van der Waals surface area contributed by atoms with Crippen molar-refractivity contribution in [1.29, 1.82) is 0 Å². The Hall–Kier alpha value is -2.22. The summed E-state index contributed by atoms with van der Waals surface area (Å²) < 4.78 is 0.